The van der Waals surface area contributed by atoms with Crippen LogP contribution in [0.1, 0.15) is 32.2 Å². The number of piperidine rings is 1. The van der Waals surface area contributed by atoms with Crippen LogP contribution in [0.15, 0.2) is 27.9 Å². The summed E-state index contributed by atoms with van der Waals surface area (Å²) in [6.45, 7) is 4.37. The molecule has 4 aliphatic heterocycles. The highest BCUT2D eigenvalue weighted by Crippen LogP contribution is 2.32. The average molecular weight is 472 g/mol. The molecule has 9 nitrogen and oxygen atoms in total. The molecule has 2 fully saturated rings. The van der Waals surface area contributed by atoms with Crippen LogP contribution in [0.5, 0.6) is 0 Å². The molecule has 0 spiro atoms. The third-order valence-electron chi connectivity index (χ3n) is 6.95. The topological polar surface area (TPSA) is 83.2 Å². The number of fused-ring (bicyclic) bond motifs is 2. The predicted molar refractivity (Wildman–Crippen MR) is 125 cm³/mol. The quantitative estimate of drug-likeness (QED) is 0.720. The molecular weight excluding hydrogens is 442 g/mol. The molecule has 2 aromatic rings. The van der Waals surface area contributed by atoms with Crippen LogP contribution < -0.4 is 5.32 Å². The van der Waals surface area contributed by atoms with E-state index >= 15 is 0 Å². The van der Waals surface area contributed by atoms with Crippen LogP contribution in [-0.2, 0) is 11.3 Å². The molecule has 0 amide bonds. The Hall–Kier alpha value is -2.92. The van der Waals surface area contributed by atoms with Crippen molar-refractivity contribution in [3.05, 3.63) is 29.3 Å². The number of aryl methyl sites for hydroxylation is 1. The van der Waals surface area contributed by atoms with Gasteiger partial charge in [0.2, 0.25) is 5.96 Å². The van der Waals surface area contributed by atoms with Crippen LogP contribution in [0.25, 0.3) is 16.7 Å². The number of halogens is 2. The van der Waals surface area contributed by atoms with Crippen LogP contribution in [0.2, 0.25) is 0 Å². The minimum Gasteiger partial charge on any atom is -0.378 e. The second-order valence-corrected chi connectivity index (χ2v) is 9.12. The summed E-state index contributed by atoms with van der Waals surface area (Å²) >= 11 is 0. The van der Waals surface area contributed by atoms with Gasteiger partial charge < -0.3 is 14.6 Å². The maximum atomic E-state index is 13.1. The van der Waals surface area contributed by atoms with E-state index < -0.39 is 19.5 Å². The van der Waals surface area contributed by atoms with Crippen LogP contribution in [-0.4, -0.2) is 88.0 Å². The first-order valence-electron chi connectivity index (χ1n) is 12.3. The van der Waals surface area contributed by atoms with E-state index in [1.807, 2.05) is 6.07 Å². The zero-order valence-corrected chi connectivity index (χ0v) is 19.0. The number of pyridine rings is 1. The normalized spacial score (nSPS) is 24.6. The highest BCUT2D eigenvalue weighted by molar-refractivity contribution is 6.00. The van der Waals surface area contributed by atoms with Crippen LogP contribution >= 0.6 is 0 Å². The lowest BCUT2D eigenvalue weighted by Gasteiger charge is -2.41. The van der Waals surface area contributed by atoms with Gasteiger partial charge in [-0.05, 0) is 38.3 Å². The number of nitrogens with one attached hydrogen (secondary N) is 1. The lowest BCUT2D eigenvalue weighted by atomic mass is 10.0. The third-order valence-corrected chi connectivity index (χ3v) is 6.95. The molecule has 4 aliphatic rings. The van der Waals surface area contributed by atoms with Crippen molar-refractivity contribution in [3.63, 3.8) is 0 Å². The Morgan fingerprint density at radius 1 is 1.24 bits per heavy atom. The molecule has 11 heteroatoms. The molecule has 1 atom stereocenters. The SMILES string of the molecule is [2H]C1CC(c2ccc3nc(C)n(CC(F)F)c3n2)=C2C=NC(NC3CCN(C4COC4)CC3)=NN21. The number of hydrogen-bond donors (Lipinski definition) is 1. The summed E-state index contributed by atoms with van der Waals surface area (Å²) in [5, 5.41) is 9.72. The summed E-state index contributed by atoms with van der Waals surface area (Å²) in [5.74, 6) is 1.02. The van der Waals surface area contributed by atoms with E-state index in [1.54, 1.807) is 24.2 Å². The number of rotatable bonds is 5. The first-order chi connectivity index (χ1) is 17.0. The second-order valence-electron chi connectivity index (χ2n) is 9.12. The molecule has 180 valence electrons. The summed E-state index contributed by atoms with van der Waals surface area (Å²) in [4.78, 5) is 16.0. The maximum Gasteiger partial charge on any atom is 0.256 e. The molecule has 0 radical (unpaired) electrons. The Morgan fingerprint density at radius 2 is 2.06 bits per heavy atom. The van der Waals surface area contributed by atoms with Crippen LogP contribution in [0, 0.1) is 6.92 Å². The lowest BCUT2D eigenvalue weighted by molar-refractivity contribution is -0.0715. The van der Waals surface area contributed by atoms with E-state index in [-0.39, 0.29) is 0 Å². The zero-order valence-electron chi connectivity index (χ0n) is 20.0. The van der Waals surface area contributed by atoms with Crippen molar-refractivity contribution in [2.75, 3.05) is 32.8 Å². The fourth-order valence-corrected chi connectivity index (χ4v) is 4.97. The van der Waals surface area contributed by atoms with Crippen molar-refractivity contribution >= 4 is 28.9 Å². The average Bonchev–Trinajstić information content (AvgIpc) is 3.29. The van der Waals surface area contributed by atoms with Gasteiger partial charge in [-0.25, -0.2) is 23.7 Å². The molecule has 0 aliphatic carbocycles. The molecular formula is C23H28F2N8O. The number of guanidine groups is 1. The van der Waals surface area contributed by atoms with Gasteiger partial charge in [-0.2, -0.15) is 0 Å². The van der Waals surface area contributed by atoms with Gasteiger partial charge in [-0.3, -0.25) is 9.91 Å². The molecule has 0 bridgehead atoms. The number of aliphatic imine (C=N–C) groups is 1. The van der Waals surface area contributed by atoms with Gasteiger partial charge in [0.05, 0.1) is 44.8 Å². The third kappa shape index (κ3) is 3.96. The zero-order chi connectivity index (χ0) is 24.1. The van der Waals surface area contributed by atoms with Gasteiger partial charge in [0.1, 0.15) is 11.3 Å². The molecule has 34 heavy (non-hydrogen) atoms. The van der Waals surface area contributed by atoms with E-state index in [4.69, 9.17) is 6.11 Å². The Balaban J connectivity index is 1.20. The molecule has 6 rings (SSSR count). The molecule has 0 saturated carbocycles. The fraction of sp³-hybridized carbons (Fsp3) is 0.565. The number of imidazole rings is 1. The van der Waals surface area contributed by atoms with Crippen molar-refractivity contribution in [2.24, 2.45) is 10.1 Å². The molecule has 2 aromatic heterocycles. The number of alkyl halides is 2. The van der Waals surface area contributed by atoms with Crippen molar-refractivity contribution in [1.82, 2.24) is 29.8 Å². The molecule has 2 saturated heterocycles. The molecule has 0 aromatic carbocycles. The summed E-state index contributed by atoms with van der Waals surface area (Å²) in [7, 11) is 0. The van der Waals surface area contributed by atoms with Gasteiger partial charge in [-0.15, -0.1) is 5.10 Å². The van der Waals surface area contributed by atoms with Gasteiger partial charge >= 0.3 is 0 Å². The summed E-state index contributed by atoms with van der Waals surface area (Å²) in [5.41, 5.74) is 3.18. The fourth-order valence-electron chi connectivity index (χ4n) is 4.97. The van der Waals surface area contributed by atoms with E-state index in [1.165, 1.54) is 4.57 Å². The number of hydrogen-bond acceptors (Lipinski definition) is 8. The van der Waals surface area contributed by atoms with Crippen molar-refractivity contribution in [2.45, 2.75) is 51.2 Å². The lowest BCUT2D eigenvalue weighted by Crippen LogP contribution is -2.54. The maximum absolute atomic E-state index is 13.1. The van der Waals surface area contributed by atoms with Crippen LogP contribution in [0.4, 0.5) is 8.78 Å². The Morgan fingerprint density at radius 3 is 2.79 bits per heavy atom. The van der Waals surface area contributed by atoms with Crippen molar-refractivity contribution in [3.8, 4) is 0 Å². The molecule has 6 heterocycles. The Bertz CT molecular complexity index is 1220. The van der Waals surface area contributed by atoms with Gasteiger partial charge in [-0.1, -0.05) is 0 Å². The standard InChI is InChI=1S/C23H28F2N8O/c1-14-27-19-3-2-18(29-22(19)32(14)11-21(24)25)17-6-9-33-20(17)10-26-23(30-33)28-15-4-7-31(8-5-15)16-12-34-13-16/h2-3,10,15-16,21H,4-9,11-13H2,1H3,(H,28,30)/i9D. The Kier molecular flexibility index (Phi) is 5.23. The Labute approximate surface area is 197 Å². The van der Waals surface area contributed by atoms with Gasteiger partial charge in [0.15, 0.2) is 5.65 Å². The summed E-state index contributed by atoms with van der Waals surface area (Å²) < 4.78 is 41.5. The second kappa shape index (κ2) is 8.70. The van der Waals surface area contributed by atoms with E-state index in [0.717, 1.165) is 50.4 Å². The minimum atomic E-state index is -2.50. The summed E-state index contributed by atoms with van der Waals surface area (Å²) in [6.07, 6.45) is 1.68. The van der Waals surface area contributed by atoms with Crippen molar-refractivity contribution in [1.29, 1.82) is 0 Å². The number of hydrazone groups is 1. The van der Waals surface area contributed by atoms with Gasteiger partial charge in [0.25, 0.3) is 6.43 Å². The number of nitrogens with zero attached hydrogens (tertiary/aromatic N) is 7. The first-order valence-corrected chi connectivity index (χ1v) is 11.7. The molecule has 1 unspecified atom stereocenters. The number of likely N-dealkylation sites (tertiary alicyclic amines) is 1. The summed E-state index contributed by atoms with van der Waals surface area (Å²) in [6, 6.07) is 4.47. The predicted octanol–water partition coefficient (Wildman–Crippen LogP) is 2.23. The number of ether oxygens (including phenoxy) is 1. The van der Waals surface area contributed by atoms with Crippen molar-refractivity contribution < 1.29 is 14.9 Å². The molecule has 1 N–H and O–H groups in total. The van der Waals surface area contributed by atoms with E-state index in [0.29, 0.717) is 47.1 Å². The van der Waals surface area contributed by atoms with E-state index in [2.05, 4.69) is 30.3 Å². The monoisotopic (exact) mass is 471 g/mol. The van der Waals surface area contributed by atoms with Crippen LogP contribution in [0.3, 0.4) is 0 Å². The number of allylic oxidation sites excluding steroid dienone is 1. The highest BCUT2D eigenvalue weighted by atomic mass is 19.3. The minimum absolute atomic E-state index is 0.294. The first kappa shape index (κ1) is 20.5. The largest absolute Gasteiger partial charge is 0.378 e. The number of aromatic nitrogens is 3. The smallest absolute Gasteiger partial charge is 0.256 e. The van der Waals surface area contributed by atoms with E-state index in [9.17, 15) is 8.78 Å². The van der Waals surface area contributed by atoms with Gasteiger partial charge in [0, 0.05) is 31.2 Å². The highest BCUT2D eigenvalue weighted by Gasteiger charge is 2.31.